The summed E-state index contributed by atoms with van der Waals surface area (Å²) in [6.45, 7) is 4.14. The third kappa shape index (κ3) is 7.46. The van der Waals surface area contributed by atoms with E-state index in [4.69, 9.17) is 33.4 Å². The van der Waals surface area contributed by atoms with Crippen molar-refractivity contribution in [3.8, 4) is 28.6 Å². The number of imidazole rings is 1. The van der Waals surface area contributed by atoms with Gasteiger partial charge in [0.15, 0.2) is 5.58 Å². The zero-order chi connectivity index (χ0) is 36.0. The largest absolute Gasteiger partial charge is 0.497 e. The Labute approximate surface area is 301 Å². The maximum atomic E-state index is 14.1. The van der Waals surface area contributed by atoms with Gasteiger partial charge in [-0.1, -0.05) is 24.3 Å². The summed E-state index contributed by atoms with van der Waals surface area (Å²) in [4.78, 5) is 23.3. The highest BCUT2D eigenvalue weighted by molar-refractivity contribution is 5.91. The molecule has 0 bridgehead atoms. The van der Waals surface area contributed by atoms with E-state index in [9.17, 15) is 4.39 Å². The molecule has 4 aromatic carbocycles. The number of alkyl halides is 1. The molecule has 11 nitrogen and oxygen atoms in total. The number of halogens is 1. The number of aromatic nitrogens is 3. The van der Waals surface area contributed by atoms with E-state index in [0.717, 1.165) is 81.4 Å². The number of carbonyl (C=O) groups excluding carboxylic acids is 1. The number of anilines is 2. The van der Waals surface area contributed by atoms with Crippen molar-refractivity contribution in [1.82, 2.24) is 14.5 Å². The van der Waals surface area contributed by atoms with Crippen LogP contribution in [0, 0.1) is 0 Å². The molecule has 8 rings (SSSR count). The van der Waals surface area contributed by atoms with E-state index < -0.39 is 6.17 Å². The highest BCUT2D eigenvalue weighted by Crippen LogP contribution is 2.38. The Morgan fingerprint density at radius 2 is 1.56 bits per heavy atom. The third-order valence-corrected chi connectivity index (χ3v) is 9.39. The Bertz CT molecular complexity index is 2080. The Morgan fingerprint density at radius 1 is 0.865 bits per heavy atom. The van der Waals surface area contributed by atoms with Crippen LogP contribution < -0.4 is 24.0 Å². The van der Waals surface area contributed by atoms with Crippen molar-refractivity contribution >= 4 is 40.3 Å². The highest BCUT2D eigenvalue weighted by Gasteiger charge is 2.26. The minimum Gasteiger partial charge on any atom is -0.497 e. The molecule has 0 spiro atoms. The van der Waals surface area contributed by atoms with Crippen LogP contribution in [-0.2, 0) is 29.2 Å². The number of aryl methyl sites for hydroxylation is 1. The molecule has 2 aromatic heterocycles. The summed E-state index contributed by atoms with van der Waals surface area (Å²) in [6, 6.07) is 26.8. The first kappa shape index (κ1) is 34.7. The number of rotatable bonds is 10. The van der Waals surface area contributed by atoms with Crippen molar-refractivity contribution in [2.75, 3.05) is 50.8 Å². The zero-order valence-electron chi connectivity index (χ0n) is 29.6. The fraction of sp³-hybridized carbons (Fsp3) is 0.325. The van der Waals surface area contributed by atoms with Crippen LogP contribution in [-0.4, -0.2) is 68.2 Å². The van der Waals surface area contributed by atoms with Crippen molar-refractivity contribution in [3.63, 3.8) is 0 Å². The molecule has 12 heteroatoms. The molecule has 270 valence electrons. The molecular formula is C40H42FN5O6. The number of carbonyl (C=O) groups is 1. The van der Waals surface area contributed by atoms with Crippen molar-refractivity contribution in [2.24, 2.45) is 0 Å². The van der Waals surface area contributed by atoms with Crippen LogP contribution in [0.2, 0.25) is 0 Å². The first-order chi connectivity index (χ1) is 25.5. The maximum Gasteiger partial charge on any atom is 0.298 e. The molecule has 0 radical (unpaired) electrons. The molecular weight excluding hydrogens is 665 g/mol. The molecule has 1 unspecified atom stereocenters. The second kappa shape index (κ2) is 15.6. The fourth-order valence-corrected chi connectivity index (χ4v) is 6.74. The molecule has 1 saturated heterocycles. The third-order valence-electron chi connectivity index (χ3n) is 9.39. The van der Waals surface area contributed by atoms with Crippen LogP contribution in [0.15, 0.2) is 83.3 Å². The minimum absolute atomic E-state index is 0.375. The number of benzene rings is 4. The number of hydrogen-bond donors (Lipinski definition) is 0. The van der Waals surface area contributed by atoms with Crippen LogP contribution in [0.25, 0.3) is 33.5 Å². The predicted molar refractivity (Wildman–Crippen MR) is 198 cm³/mol. The molecule has 0 N–H and O–H groups in total. The zero-order valence-corrected chi connectivity index (χ0v) is 29.6. The van der Waals surface area contributed by atoms with E-state index in [1.54, 1.807) is 14.2 Å². The fourth-order valence-electron chi connectivity index (χ4n) is 6.74. The van der Waals surface area contributed by atoms with Gasteiger partial charge in [-0.2, -0.15) is 4.98 Å². The number of ether oxygens (including phenoxy) is 4. The summed E-state index contributed by atoms with van der Waals surface area (Å²) in [5, 5.41) is 0. The van der Waals surface area contributed by atoms with E-state index in [0.29, 0.717) is 57.3 Å². The van der Waals surface area contributed by atoms with Crippen LogP contribution in [0.5, 0.6) is 17.2 Å². The quantitative estimate of drug-likeness (QED) is 0.132. The summed E-state index contributed by atoms with van der Waals surface area (Å²) < 4.78 is 43.6. The normalized spacial score (nSPS) is 15.3. The van der Waals surface area contributed by atoms with Gasteiger partial charge in [0, 0.05) is 50.0 Å². The van der Waals surface area contributed by atoms with E-state index >= 15 is 0 Å². The Hall–Kier alpha value is -5.78. The number of oxazole rings is 1. The Morgan fingerprint density at radius 3 is 2.17 bits per heavy atom. The SMILES string of the molecule is COC=O.COc1ccc(CN(Cc2ccc(OC)cc2)c2nc3cc(-c4nc5cc(N6CCC(F)C6)cc6c5n4CCCCO6)ccc3o2)cc1. The van der Waals surface area contributed by atoms with Crippen LogP contribution in [0.1, 0.15) is 30.4 Å². The molecule has 0 amide bonds. The second-order valence-electron chi connectivity index (χ2n) is 12.8. The number of nitrogens with zero attached hydrogens (tertiary/aromatic N) is 5. The molecule has 1 fully saturated rings. The number of hydrogen-bond acceptors (Lipinski definition) is 10. The van der Waals surface area contributed by atoms with Gasteiger partial charge in [0.1, 0.15) is 40.3 Å². The van der Waals surface area contributed by atoms with Gasteiger partial charge in [-0.05, 0) is 78.9 Å². The van der Waals surface area contributed by atoms with Crippen molar-refractivity contribution in [3.05, 3.63) is 90.0 Å². The van der Waals surface area contributed by atoms with E-state index in [2.05, 4.69) is 61.6 Å². The molecule has 4 heterocycles. The van der Waals surface area contributed by atoms with Crippen molar-refractivity contribution in [1.29, 1.82) is 0 Å². The van der Waals surface area contributed by atoms with Gasteiger partial charge < -0.3 is 37.7 Å². The molecule has 52 heavy (non-hydrogen) atoms. The van der Waals surface area contributed by atoms with Crippen LogP contribution >= 0.6 is 0 Å². The van der Waals surface area contributed by atoms with Gasteiger partial charge in [0.2, 0.25) is 0 Å². The number of methoxy groups -OCH3 is 3. The molecule has 2 aliphatic rings. The average Bonchev–Trinajstić information content (AvgIpc) is 3.90. The standard InChI is InChI=1S/C38H38FN5O4.C2H4O2/c1-45-30-10-5-25(6-11-30)22-43(23-26-7-12-31(46-2)13-8-26)38-41-32-19-27(9-14-34(32)48-38)37-40-33-20-29(42-17-15-28(39)24-42)21-35-36(33)44(37)16-3-4-18-47-35;1-4-2-3/h5-14,19-21,28H,3-4,15-18,22-24H2,1-2H3;2H,1H3. The second-order valence-corrected chi connectivity index (χ2v) is 12.8. The lowest BCUT2D eigenvalue weighted by Gasteiger charge is -2.21. The van der Waals surface area contributed by atoms with Gasteiger partial charge in [-0.25, -0.2) is 9.37 Å². The molecule has 6 aromatic rings. The van der Waals surface area contributed by atoms with E-state index in [1.807, 2.05) is 36.4 Å². The van der Waals surface area contributed by atoms with Crippen molar-refractivity contribution in [2.45, 2.75) is 45.1 Å². The van der Waals surface area contributed by atoms with Crippen LogP contribution in [0.3, 0.4) is 0 Å². The molecule has 0 saturated carbocycles. The van der Waals surface area contributed by atoms with Gasteiger partial charge >= 0.3 is 0 Å². The van der Waals surface area contributed by atoms with Crippen molar-refractivity contribution < 1.29 is 32.5 Å². The van der Waals surface area contributed by atoms with Gasteiger partial charge in [-0.15, -0.1) is 0 Å². The lowest BCUT2D eigenvalue weighted by atomic mass is 10.1. The van der Waals surface area contributed by atoms with Gasteiger partial charge in [-0.3, -0.25) is 4.79 Å². The Kier molecular flexibility index (Phi) is 10.4. The minimum atomic E-state index is -0.806. The number of fused-ring (bicyclic) bond motifs is 1. The Balaban J connectivity index is 0.00000100. The maximum absolute atomic E-state index is 14.1. The lowest BCUT2D eigenvalue weighted by Crippen LogP contribution is -2.22. The topological polar surface area (TPSA) is 104 Å². The van der Waals surface area contributed by atoms with Crippen LogP contribution in [0.4, 0.5) is 16.1 Å². The summed E-state index contributed by atoms with van der Waals surface area (Å²) in [7, 11) is 4.65. The summed E-state index contributed by atoms with van der Waals surface area (Å²) in [6.07, 6.45) is 1.67. The first-order valence-electron chi connectivity index (χ1n) is 17.4. The van der Waals surface area contributed by atoms with E-state index in [-0.39, 0.29) is 0 Å². The predicted octanol–water partition coefficient (Wildman–Crippen LogP) is 7.58. The first-order valence-corrected chi connectivity index (χ1v) is 17.4. The lowest BCUT2D eigenvalue weighted by molar-refractivity contribution is -0.126. The van der Waals surface area contributed by atoms with Gasteiger partial charge in [0.25, 0.3) is 12.5 Å². The average molecular weight is 708 g/mol. The molecule has 1 atom stereocenters. The summed E-state index contributed by atoms with van der Waals surface area (Å²) >= 11 is 0. The summed E-state index contributed by atoms with van der Waals surface area (Å²) in [5.41, 5.74) is 7.42. The van der Waals surface area contributed by atoms with Gasteiger partial charge in [0.05, 0.1) is 33.5 Å². The molecule has 0 aliphatic carbocycles. The van der Waals surface area contributed by atoms with E-state index in [1.165, 1.54) is 7.11 Å². The molecule has 2 aliphatic heterocycles. The monoisotopic (exact) mass is 707 g/mol. The summed E-state index contributed by atoms with van der Waals surface area (Å²) in [5.74, 6) is 3.29. The smallest absolute Gasteiger partial charge is 0.298 e. The highest BCUT2D eigenvalue weighted by atomic mass is 19.1.